The highest BCUT2D eigenvalue weighted by molar-refractivity contribution is 5.69. The van der Waals surface area contributed by atoms with Crippen LogP contribution in [0.2, 0.25) is 0 Å². The largest absolute Gasteiger partial charge is 0.469 e. The van der Waals surface area contributed by atoms with E-state index in [9.17, 15) is 4.79 Å². The smallest absolute Gasteiger partial charge is 0.305 e. The van der Waals surface area contributed by atoms with Gasteiger partial charge in [0.1, 0.15) is 12.2 Å². The van der Waals surface area contributed by atoms with Gasteiger partial charge in [0.2, 0.25) is 0 Å². The maximum absolute atomic E-state index is 10.9. The number of carbonyl (C=O) groups is 1. The third-order valence-electron chi connectivity index (χ3n) is 2.80. The Bertz CT molecular complexity index is 363. The molecule has 0 saturated heterocycles. The zero-order chi connectivity index (χ0) is 11.4. The van der Waals surface area contributed by atoms with E-state index in [0.717, 1.165) is 38.4 Å². The van der Waals surface area contributed by atoms with Crippen molar-refractivity contribution in [3.63, 3.8) is 0 Å². The number of carbonyl (C=O) groups excluding carboxylic acids is 1. The van der Waals surface area contributed by atoms with Gasteiger partial charge in [-0.15, -0.1) is 10.2 Å². The second kappa shape index (κ2) is 5.07. The van der Waals surface area contributed by atoms with Crippen LogP contribution in [0.25, 0.3) is 0 Å². The van der Waals surface area contributed by atoms with Gasteiger partial charge < -0.3 is 9.30 Å². The van der Waals surface area contributed by atoms with Gasteiger partial charge in [-0.05, 0) is 13.0 Å². The number of esters is 1. The van der Waals surface area contributed by atoms with Crippen LogP contribution in [0.3, 0.4) is 0 Å². The fraction of sp³-hybridized carbons (Fsp3) is 0.700. The van der Waals surface area contributed by atoms with Crippen LogP contribution in [0.5, 0.6) is 0 Å². The molecule has 6 nitrogen and oxygen atoms in total. The molecule has 6 heteroatoms. The average Bonchev–Trinajstić information content (AvgIpc) is 2.76. The van der Waals surface area contributed by atoms with Crippen LogP contribution in [-0.4, -0.2) is 45.8 Å². The summed E-state index contributed by atoms with van der Waals surface area (Å²) in [6.07, 6.45) is 3.08. The quantitative estimate of drug-likeness (QED) is 0.676. The lowest BCUT2D eigenvalue weighted by Gasteiger charge is -2.26. The Hall–Kier alpha value is -1.43. The SMILES string of the molecule is COC(=O)CCCN1CCn2cnnc2C1. The van der Waals surface area contributed by atoms with E-state index in [1.807, 2.05) is 0 Å². The molecule has 1 aliphatic rings. The molecule has 0 N–H and O–H groups in total. The third kappa shape index (κ3) is 2.57. The van der Waals surface area contributed by atoms with Crippen LogP contribution in [0.15, 0.2) is 6.33 Å². The molecule has 1 aromatic rings. The van der Waals surface area contributed by atoms with E-state index < -0.39 is 0 Å². The first-order valence-electron chi connectivity index (χ1n) is 5.45. The molecule has 0 fully saturated rings. The van der Waals surface area contributed by atoms with E-state index in [2.05, 4.69) is 24.4 Å². The Kier molecular flexibility index (Phi) is 3.51. The Balaban J connectivity index is 1.75. The molecule has 0 bridgehead atoms. The fourth-order valence-corrected chi connectivity index (χ4v) is 1.86. The van der Waals surface area contributed by atoms with Crippen LogP contribution in [0.1, 0.15) is 18.7 Å². The summed E-state index contributed by atoms with van der Waals surface area (Å²) >= 11 is 0. The molecule has 1 aliphatic heterocycles. The minimum Gasteiger partial charge on any atom is -0.469 e. The first-order chi connectivity index (χ1) is 7.79. The van der Waals surface area contributed by atoms with Crippen LogP contribution in [-0.2, 0) is 22.6 Å². The predicted molar refractivity (Wildman–Crippen MR) is 56.5 cm³/mol. The molecule has 0 saturated carbocycles. The summed E-state index contributed by atoms with van der Waals surface area (Å²) in [5, 5.41) is 7.92. The maximum atomic E-state index is 10.9. The Labute approximate surface area is 94.2 Å². The highest BCUT2D eigenvalue weighted by atomic mass is 16.5. The topological polar surface area (TPSA) is 60.2 Å². The molecule has 0 unspecified atom stereocenters. The molecule has 0 spiro atoms. The minimum absolute atomic E-state index is 0.139. The van der Waals surface area contributed by atoms with E-state index in [1.165, 1.54) is 7.11 Å². The van der Waals surface area contributed by atoms with Crippen molar-refractivity contribution < 1.29 is 9.53 Å². The van der Waals surface area contributed by atoms with Crippen molar-refractivity contribution in [1.29, 1.82) is 0 Å². The summed E-state index contributed by atoms with van der Waals surface area (Å²) < 4.78 is 6.67. The van der Waals surface area contributed by atoms with Gasteiger partial charge in [0.25, 0.3) is 0 Å². The third-order valence-corrected chi connectivity index (χ3v) is 2.80. The van der Waals surface area contributed by atoms with Crippen LogP contribution < -0.4 is 0 Å². The second-order valence-corrected chi connectivity index (χ2v) is 3.90. The van der Waals surface area contributed by atoms with Gasteiger partial charge in [-0.2, -0.15) is 0 Å². The number of methoxy groups -OCH3 is 1. The van der Waals surface area contributed by atoms with Crippen molar-refractivity contribution >= 4 is 5.97 Å². The zero-order valence-electron chi connectivity index (χ0n) is 9.43. The van der Waals surface area contributed by atoms with E-state index >= 15 is 0 Å². The lowest BCUT2D eigenvalue weighted by atomic mass is 10.2. The molecular formula is C10H16N4O2. The monoisotopic (exact) mass is 224 g/mol. The number of nitrogens with zero attached hydrogens (tertiary/aromatic N) is 4. The van der Waals surface area contributed by atoms with Crippen molar-refractivity contribution in [2.75, 3.05) is 20.2 Å². The lowest BCUT2D eigenvalue weighted by Crippen LogP contribution is -2.34. The van der Waals surface area contributed by atoms with Crippen molar-refractivity contribution in [2.24, 2.45) is 0 Å². The Morgan fingerprint density at radius 1 is 1.56 bits per heavy atom. The maximum Gasteiger partial charge on any atom is 0.305 e. The molecular weight excluding hydrogens is 208 g/mol. The van der Waals surface area contributed by atoms with E-state index in [0.29, 0.717) is 6.42 Å². The van der Waals surface area contributed by atoms with E-state index in [4.69, 9.17) is 0 Å². The average molecular weight is 224 g/mol. The van der Waals surface area contributed by atoms with Gasteiger partial charge >= 0.3 is 5.97 Å². The molecule has 2 heterocycles. The number of aromatic nitrogens is 3. The van der Waals surface area contributed by atoms with Crippen LogP contribution in [0, 0.1) is 0 Å². The summed E-state index contributed by atoms with van der Waals surface area (Å²) in [7, 11) is 1.42. The van der Waals surface area contributed by atoms with Gasteiger partial charge in [0.05, 0.1) is 13.7 Å². The molecule has 0 amide bonds. The van der Waals surface area contributed by atoms with Gasteiger partial charge in [0, 0.05) is 19.5 Å². The number of fused-ring (bicyclic) bond motifs is 1. The molecule has 16 heavy (non-hydrogen) atoms. The number of ether oxygens (including phenoxy) is 1. The summed E-state index contributed by atoms with van der Waals surface area (Å²) in [5.74, 6) is 0.865. The Morgan fingerprint density at radius 2 is 2.44 bits per heavy atom. The second-order valence-electron chi connectivity index (χ2n) is 3.90. The van der Waals surface area contributed by atoms with Crippen LogP contribution >= 0.6 is 0 Å². The van der Waals surface area contributed by atoms with Crippen molar-refractivity contribution in [2.45, 2.75) is 25.9 Å². The standard InChI is InChI=1S/C10H16N4O2/c1-16-10(15)3-2-4-13-5-6-14-8-11-12-9(14)7-13/h8H,2-7H2,1H3. The lowest BCUT2D eigenvalue weighted by molar-refractivity contribution is -0.140. The summed E-state index contributed by atoms with van der Waals surface area (Å²) in [4.78, 5) is 13.2. The highest BCUT2D eigenvalue weighted by Crippen LogP contribution is 2.09. The van der Waals surface area contributed by atoms with Crippen molar-refractivity contribution in [1.82, 2.24) is 19.7 Å². The molecule has 0 atom stereocenters. The first kappa shape index (κ1) is 11.1. The van der Waals surface area contributed by atoms with Gasteiger partial charge in [-0.25, -0.2) is 0 Å². The van der Waals surface area contributed by atoms with E-state index in [-0.39, 0.29) is 5.97 Å². The number of hydrogen-bond donors (Lipinski definition) is 0. The molecule has 0 radical (unpaired) electrons. The summed E-state index contributed by atoms with van der Waals surface area (Å²) in [5.41, 5.74) is 0. The van der Waals surface area contributed by atoms with Crippen molar-refractivity contribution in [3.8, 4) is 0 Å². The molecule has 0 aromatic carbocycles. The summed E-state index contributed by atoms with van der Waals surface area (Å²) in [6, 6.07) is 0. The van der Waals surface area contributed by atoms with Gasteiger partial charge in [-0.3, -0.25) is 9.69 Å². The Morgan fingerprint density at radius 3 is 3.25 bits per heavy atom. The van der Waals surface area contributed by atoms with Crippen LogP contribution in [0.4, 0.5) is 0 Å². The first-order valence-corrected chi connectivity index (χ1v) is 5.45. The number of rotatable bonds is 4. The predicted octanol–water partition coefficient (Wildman–Crippen LogP) is 0.0469. The zero-order valence-corrected chi connectivity index (χ0v) is 9.43. The van der Waals surface area contributed by atoms with Gasteiger partial charge in [0.15, 0.2) is 0 Å². The van der Waals surface area contributed by atoms with E-state index in [1.54, 1.807) is 6.33 Å². The molecule has 2 rings (SSSR count). The molecule has 0 aliphatic carbocycles. The fourth-order valence-electron chi connectivity index (χ4n) is 1.86. The summed E-state index contributed by atoms with van der Waals surface area (Å²) in [6.45, 7) is 3.65. The normalized spacial score (nSPS) is 15.8. The van der Waals surface area contributed by atoms with Crippen molar-refractivity contribution in [3.05, 3.63) is 12.2 Å². The van der Waals surface area contributed by atoms with Gasteiger partial charge in [-0.1, -0.05) is 0 Å². The molecule has 1 aromatic heterocycles. The molecule has 88 valence electrons. The highest BCUT2D eigenvalue weighted by Gasteiger charge is 2.16. The number of hydrogen-bond acceptors (Lipinski definition) is 5. The minimum atomic E-state index is -0.139.